The molecule has 14 nitrogen and oxygen atoms in total. The van der Waals surface area contributed by atoms with Crippen LogP contribution in [0.3, 0.4) is 0 Å². The van der Waals surface area contributed by atoms with Gasteiger partial charge in [0.25, 0.3) is 0 Å². The Hall–Kier alpha value is -3.57. The number of aliphatic hydroxyl groups excluding tert-OH is 2. The molecule has 15 heteroatoms. The van der Waals surface area contributed by atoms with Gasteiger partial charge in [-0.1, -0.05) is 44.9 Å². The van der Waals surface area contributed by atoms with Crippen molar-refractivity contribution in [3.8, 4) is 11.8 Å². The van der Waals surface area contributed by atoms with Crippen molar-refractivity contribution >= 4 is 25.1 Å². The number of carbonyl (C=O) groups is 1. The maximum Gasteiger partial charge on any atom is 0.459 e. The van der Waals surface area contributed by atoms with E-state index >= 15 is 0 Å². The van der Waals surface area contributed by atoms with Gasteiger partial charge in [-0.05, 0) is 37.0 Å². The first-order valence-corrected chi connectivity index (χ1v) is 14.7. The molecule has 0 bridgehead atoms. The second kappa shape index (κ2) is 13.2. The van der Waals surface area contributed by atoms with Crippen molar-refractivity contribution in [2.24, 2.45) is 5.92 Å². The molecule has 5 N–H and O–H groups in total. The summed E-state index contributed by atoms with van der Waals surface area (Å²) in [5.74, 6) is -1.68. The number of nitrogens with one attached hydrogen (secondary N) is 1. The second-order valence-corrected chi connectivity index (χ2v) is 11.2. The minimum absolute atomic E-state index is 0.0113. The SMILES string of the molecule is [2H]C([2H])([2H])[C@]([2H])(N[P@](=O)(OC[C@H]1O[C@@](C#N)(c2ccc3c(N)ncnn23)[C@H](O)[C@@H]1O)Oc1ccccc1)C(=O)OCC(CC)CC. The summed E-state index contributed by atoms with van der Waals surface area (Å²) in [5.41, 5.74) is 3.93. The molecule has 0 radical (unpaired) electrons. The maximum atomic E-state index is 14.2. The highest BCUT2D eigenvalue weighted by atomic mass is 31.2. The molecule has 1 aromatic carbocycles. The number of rotatable bonds is 13. The van der Waals surface area contributed by atoms with Crippen LogP contribution in [-0.2, 0) is 29.0 Å². The first kappa shape index (κ1) is 26.1. The van der Waals surface area contributed by atoms with Crippen LogP contribution in [0.4, 0.5) is 5.82 Å². The van der Waals surface area contributed by atoms with Crippen LogP contribution >= 0.6 is 7.75 Å². The van der Waals surface area contributed by atoms with Gasteiger partial charge in [-0.25, -0.2) is 14.1 Å². The van der Waals surface area contributed by atoms with E-state index in [0.29, 0.717) is 12.8 Å². The van der Waals surface area contributed by atoms with Crippen molar-refractivity contribution in [2.45, 2.75) is 63.5 Å². The lowest BCUT2D eigenvalue weighted by Gasteiger charge is -2.25. The van der Waals surface area contributed by atoms with E-state index in [0.717, 1.165) is 6.33 Å². The van der Waals surface area contributed by atoms with Gasteiger partial charge in [0, 0.05) is 4.11 Å². The van der Waals surface area contributed by atoms with Gasteiger partial charge < -0.3 is 29.9 Å². The van der Waals surface area contributed by atoms with Crippen molar-refractivity contribution in [3.05, 3.63) is 54.5 Å². The monoisotopic (exact) mass is 606 g/mol. The summed E-state index contributed by atoms with van der Waals surface area (Å²) in [4.78, 5) is 17.0. The number of para-hydroxylation sites is 1. The minimum Gasteiger partial charge on any atom is -0.464 e. The number of hydrogen-bond acceptors (Lipinski definition) is 12. The zero-order chi connectivity index (χ0) is 33.9. The highest BCUT2D eigenvalue weighted by molar-refractivity contribution is 7.52. The lowest BCUT2D eigenvalue weighted by Crippen LogP contribution is -2.41. The first-order valence-electron chi connectivity index (χ1n) is 15.1. The Kier molecular flexibility index (Phi) is 8.18. The van der Waals surface area contributed by atoms with Crippen molar-refractivity contribution in [3.63, 3.8) is 0 Å². The first-order chi connectivity index (χ1) is 21.6. The molecule has 1 fully saturated rings. The number of aromatic nitrogens is 3. The summed E-state index contributed by atoms with van der Waals surface area (Å²) in [6.07, 6.45) is -2.92. The number of aliphatic hydroxyl groups is 2. The van der Waals surface area contributed by atoms with Gasteiger partial charge >= 0.3 is 13.7 Å². The van der Waals surface area contributed by atoms with E-state index in [1.54, 1.807) is 6.07 Å². The average molecular weight is 607 g/mol. The third-order valence-corrected chi connectivity index (χ3v) is 8.36. The fraction of sp³-hybridized carbons (Fsp3) is 0.481. The summed E-state index contributed by atoms with van der Waals surface area (Å²) >= 11 is 0. The highest BCUT2D eigenvalue weighted by Crippen LogP contribution is 2.47. The number of fused-ring (bicyclic) bond motifs is 1. The van der Waals surface area contributed by atoms with Gasteiger partial charge in [-0.15, -0.1) is 0 Å². The predicted octanol–water partition coefficient (Wildman–Crippen LogP) is 2.31. The van der Waals surface area contributed by atoms with Crippen LogP contribution in [0.25, 0.3) is 5.52 Å². The van der Waals surface area contributed by atoms with Crippen LogP contribution in [0.15, 0.2) is 48.8 Å². The third-order valence-electron chi connectivity index (χ3n) is 6.92. The van der Waals surface area contributed by atoms with E-state index in [-0.39, 0.29) is 35.3 Å². The topological polar surface area (TPSA) is 204 Å². The standard InChI is InChI=1S/C27H35N6O8P/c1-4-18(5-2)13-38-26(36)17(3)32-42(37,41-19-9-7-6-8-10-19)39-14-21-23(34)24(35)27(15-28,40-21)22-12-11-20-25(29)30-16-31-33(20)22/h6-12,16-18,21,23-24,34-35H,4-5,13-14H2,1-3H3,(H,32,37)(H2,29,30,31)/t17-,21+,23+,24+,27-,42-/m0/s1/i3D3,17D. The number of nitriles is 1. The van der Waals surface area contributed by atoms with Gasteiger partial charge in [0.1, 0.15) is 48.0 Å². The van der Waals surface area contributed by atoms with Gasteiger partial charge in [0.2, 0.25) is 5.60 Å². The van der Waals surface area contributed by atoms with Crippen molar-refractivity contribution < 1.29 is 43.6 Å². The molecule has 0 saturated carbocycles. The van der Waals surface area contributed by atoms with E-state index in [2.05, 4.69) is 10.1 Å². The average Bonchev–Trinajstić information content (AvgIpc) is 3.56. The molecule has 0 aliphatic carbocycles. The molecule has 0 amide bonds. The zero-order valence-electron chi connectivity index (χ0n) is 26.9. The van der Waals surface area contributed by atoms with Gasteiger partial charge in [-0.3, -0.25) is 9.32 Å². The Morgan fingerprint density at radius 3 is 2.74 bits per heavy atom. The quantitative estimate of drug-likeness (QED) is 0.163. The molecule has 0 spiro atoms. The van der Waals surface area contributed by atoms with Crippen LogP contribution in [0.2, 0.25) is 0 Å². The molecule has 1 saturated heterocycles. The number of nitrogen functional groups attached to an aromatic ring is 1. The zero-order valence-corrected chi connectivity index (χ0v) is 23.8. The molecule has 1 aliphatic rings. The van der Waals surface area contributed by atoms with Crippen molar-refractivity contribution in [2.75, 3.05) is 18.9 Å². The van der Waals surface area contributed by atoms with Crippen LogP contribution in [0.1, 0.15) is 44.7 Å². The Balaban J connectivity index is 1.64. The van der Waals surface area contributed by atoms with Gasteiger partial charge in [0.05, 0.1) is 20.3 Å². The maximum absolute atomic E-state index is 14.2. The second-order valence-electron chi connectivity index (χ2n) is 9.57. The summed E-state index contributed by atoms with van der Waals surface area (Å²) in [7, 11) is -5.03. The normalized spacial score (nSPS) is 26.7. The summed E-state index contributed by atoms with van der Waals surface area (Å²) in [6.45, 7) is -0.790. The predicted molar refractivity (Wildman–Crippen MR) is 150 cm³/mol. The Labute approximate surface area is 248 Å². The number of benzene rings is 1. The van der Waals surface area contributed by atoms with E-state index < -0.39 is 57.1 Å². The molecule has 0 unspecified atom stereocenters. The number of anilines is 1. The minimum atomic E-state index is -5.03. The molecule has 1 aliphatic heterocycles. The van der Waals surface area contributed by atoms with Crippen LogP contribution in [-0.4, -0.2) is 68.3 Å². The third kappa shape index (κ3) is 6.42. The Morgan fingerprint density at radius 1 is 1.33 bits per heavy atom. The van der Waals surface area contributed by atoms with Crippen LogP contribution < -0.4 is 15.3 Å². The van der Waals surface area contributed by atoms with E-state index in [1.807, 2.05) is 25.0 Å². The number of nitrogens with zero attached hydrogens (tertiary/aromatic N) is 4. The molecular formula is C27H35N6O8P. The highest BCUT2D eigenvalue weighted by Gasteiger charge is 2.58. The summed E-state index contributed by atoms with van der Waals surface area (Å²) in [6, 6.07) is 8.76. The van der Waals surface area contributed by atoms with E-state index in [4.69, 9.17) is 29.7 Å². The lowest BCUT2D eigenvalue weighted by molar-refractivity contribution is -0.146. The lowest BCUT2D eigenvalue weighted by atomic mass is 9.92. The van der Waals surface area contributed by atoms with Crippen molar-refractivity contribution in [1.82, 2.24) is 19.7 Å². The molecule has 3 aromatic rings. The largest absolute Gasteiger partial charge is 0.464 e. The number of hydrogen-bond donors (Lipinski definition) is 4. The van der Waals surface area contributed by atoms with Gasteiger partial charge in [-0.2, -0.15) is 15.4 Å². The van der Waals surface area contributed by atoms with E-state index in [1.165, 1.54) is 40.9 Å². The number of carbonyl (C=O) groups excluding carboxylic acids is 1. The molecular weight excluding hydrogens is 567 g/mol. The molecule has 6 atom stereocenters. The fourth-order valence-corrected chi connectivity index (χ4v) is 5.67. The molecule has 42 heavy (non-hydrogen) atoms. The number of esters is 1. The fourth-order valence-electron chi connectivity index (χ4n) is 4.40. The number of ether oxygens (including phenoxy) is 2. The summed E-state index contributed by atoms with van der Waals surface area (Å²) < 4.78 is 69.8. The smallest absolute Gasteiger partial charge is 0.459 e. The Bertz CT molecular complexity index is 1620. The van der Waals surface area contributed by atoms with Gasteiger partial charge in [0.15, 0.2) is 5.82 Å². The number of nitrogens with two attached hydrogens (primary N) is 1. The molecule has 2 aromatic heterocycles. The van der Waals surface area contributed by atoms with Crippen LogP contribution in [0.5, 0.6) is 5.75 Å². The van der Waals surface area contributed by atoms with Crippen molar-refractivity contribution in [1.29, 1.82) is 5.26 Å². The van der Waals surface area contributed by atoms with E-state index in [9.17, 15) is 24.8 Å². The Morgan fingerprint density at radius 2 is 2.07 bits per heavy atom. The molecule has 3 heterocycles. The summed E-state index contributed by atoms with van der Waals surface area (Å²) in [5, 5.41) is 38.1. The molecule has 4 rings (SSSR count). The molecule has 226 valence electrons. The van der Waals surface area contributed by atoms with Crippen LogP contribution in [0, 0.1) is 17.2 Å².